The van der Waals surface area contributed by atoms with Crippen LogP contribution in [0, 0.1) is 18.7 Å². The zero-order valence-electron chi connectivity index (χ0n) is 13.9. The van der Waals surface area contributed by atoms with Gasteiger partial charge in [0.25, 0.3) is 5.91 Å². The molecule has 1 amide bonds. The minimum Gasteiger partial charge on any atom is -0.338 e. The van der Waals surface area contributed by atoms with Crippen LogP contribution in [0.3, 0.4) is 0 Å². The summed E-state index contributed by atoms with van der Waals surface area (Å²) in [6.07, 6.45) is 1.59. The quantitative estimate of drug-likeness (QED) is 0.846. The normalized spacial score (nSPS) is 16.3. The van der Waals surface area contributed by atoms with Gasteiger partial charge in [-0.1, -0.05) is 12.1 Å². The van der Waals surface area contributed by atoms with Gasteiger partial charge < -0.3 is 10.6 Å². The number of likely N-dealkylation sites (tertiary alicyclic amines) is 1. The van der Waals surface area contributed by atoms with E-state index in [1.54, 1.807) is 12.1 Å². The summed E-state index contributed by atoms with van der Waals surface area (Å²) in [6, 6.07) is 6.39. The van der Waals surface area contributed by atoms with Crippen LogP contribution in [-0.4, -0.2) is 35.4 Å². The molecule has 0 saturated carbocycles. The highest BCUT2D eigenvalue weighted by Gasteiger charge is 2.28. The van der Waals surface area contributed by atoms with Gasteiger partial charge in [-0.15, -0.1) is 36.2 Å². The molecule has 25 heavy (non-hydrogen) atoms. The van der Waals surface area contributed by atoms with Crippen molar-refractivity contribution in [1.82, 2.24) is 9.88 Å². The van der Waals surface area contributed by atoms with Crippen molar-refractivity contribution < 1.29 is 9.18 Å². The van der Waals surface area contributed by atoms with E-state index < -0.39 is 0 Å². The van der Waals surface area contributed by atoms with Crippen molar-refractivity contribution in [3.63, 3.8) is 0 Å². The minimum atomic E-state index is -0.247. The molecule has 2 aromatic rings. The van der Waals surface area contributed by atoms with Gasteiger partial charge in [0.15, 0.2) is 0 Å². The number of carbonyl (C=O) groups is 1. The summed E-state index contributed by atoms with van der Waals surface area (Å²) in [7, 11) is 0. The van der Waals surface area contributed by atoms with E-state index in [2.05, 4.69) is 4.98 Å². The molecule has 1 atom stereocenters. The first-order valence-electron chi connectivity index (χ1n) is 7.77. The number of aromatic nitrogens is 1. The third-order valence-electron chi connectivity index (χ3n) is 4.21. The number of nitrogens with two attached hydrogens (primary N) is 1. The first kappa shape index (κ1) is 21.8. The van der Waals surface area contributed by atoms with E-state index in [-0.39, 0.29) is 36.5 Å². The Morgan fingerprint density at radius 2 is 2.04 bits per heavy atom. The van der Waals surface area contributed by atoms with Crippen LogP contribution in [0.2, 0.25) is 0 Å². The number of amides is 1. The maximum absolute atomic E-state index is 13.0. The number of hydrogen-bond donors (Lipinski definition) is 1. The summed E-state index contributed by atoms with van der Waals surface area (Å²) in [4.78, 5) is 19.7. The Kier molecular flexibility index (Phi) is 8.28. The van der Waals surface area contributed by atoms with Crippen LogP contribution in [0.5, 0.6) is 0 Å². The molecule has 0 spiro atoms. The molecule has 2 N–H and O–H groups in total. The molecule has 1 fully saturated rings. The highest BCUT2D eigenvalue weighted by Crippen LogP contribution is 2.25. The molecule has 1 aromatic carbocycles. The molecule has 0 radical (unpaired) electrons. The Balaban J connectivity index is 0.00000156. The van der Waals surface area contributed by atoms with Crippen LogP contribution in [0.25, 0.3) is 0 Å². The summed E-state index contributed by atoms with van der Waals surface area (Å²) in [5.41, 5.74) is 7.45. The average Bonchev–Trinajstić information content (AvgIpc) is 3.15. The number of carbonyl (C=O) groups excluding carboxylic acids is 1. The first-order chi connectivity index (χ1) is 11.1. The van der Waals surface area contributed by atoms with Gasteiger partial charge in [-0.2, -0.15) is 0 Å². The maximum atomic E-state index is 13.0. The predicted molar refractivity (Wildman–Crippen MR) is 104 cm³/mol. The van der Waals surface area contributed by atoms with Crippen LogP contribution >= 0.6 is 36.2 Å². The van der Waals surface area contributed by atoms with Gasteiger partial charge in [-0.25, -0.2) is 9.37 Å². The third kappa shape index (κ3) is 5.14. The summed E-state index contributed by atoms with van der Waals surface area (Å²) in [6.45, 7) is 4.00. The third-order valence-corrected chi connectivity index (χ3v) is 5.36. The van der Waals surface area contributed by atoms with Gasteiger partial charge >= 0.3 is 0 Å². The predicted octanol–water partition coefficient (Wildman–Crippen LogP) is 3.45. The molecular formula is C17H22Cl2FN3OS. The highest BCUT2D eigenvalue weighted by atomic mass is 35.5. The molecule has 1 unspecified atom stereocenters. The number of halogens is 3. The van der Waals surface area contributed by atoms with Gasteiger partial charge in [0, 0.05) is 19.5 Å². The lowest BCUT2D eigenvalue weighted by atomic mass is 10.1. The van der Waals surface area contributed by atoms with Crippen molar-refractivity contribution >= 4 is 42.1 Å². The number of nitrogens with zero attached hydrogens (tertiary/aromatic N) is 2. The summed E-state index contributed by atoms with van der Waals surface area (Å²) in [5.74, 6) is 0.218. The molecule has 2 heterocycles. The van der Waals surface area contributed by atoms with Gasteiger partial charge in [0.05, 0.1) is 10.7 Å². The van der Waals surface area contributed by atoms with E-state index in [9.17, 15) is 9.18 Å². The molecule has 138 valence electrons. The minimum absolute atomic E-state index is 0. The van der Waals surface area contributed by atoms with Gasteiger partial charge in [0.2, 0.25) is 0 Å². The topological polar surface area (TPSA) is 59.2 Å². The monoisotopic (exact) mass is 405 g/mol. The van der Waals surface area contributed by atoms with Crippen LogP contribution < -0.4 is 5.73 Å². The molecule has 0 aliphatic carbocycles. The Bertz CT molecular complexity index is 708. The van der Waals surface area contributed by atoms with Crippen molar-refractivity contribution in [2.24, 2.45) is 11.7 Å². The largest absolute Gasteiger partial charge is 0.338 e. The molecular weight excluding hydrogens is 384 g/mol. The Labute approximate surface area is 163 Å². The van der Waals surface area contributed by atoms with E-state index in [0.29, 0.717) is 23.8 Å². The van der Waals surface area contributed by atoms with E-state index in [0.717, 1.165) is 35.8 Å². The number of benzene rings is 1. The number of hydrogen-bond acceptors (Lipinski definition) is 4. The zero-order chi connectivity index (χ0) is 16.4. The molecule has 8 heteroatoms. The Morgan fingerprint density at radius 1 is 1.36 bits per heavy atom. The first-order valence-corrected chi connectivity index (χ1v) is 8.58. The summed E-state index contributed by atoms with van der Waals surface area (Å²) >= 11 is 1.43. The van der Waals surface area contributed by atoms with Gasteiger partial charge in [0.1, 0.15) is 10.7 Å². The van der Waals surface area contributed by atoms with Crippen molar-refractivity contribution in [2.75, 3.05) is 19.6 Å². The lowest BCUT2D eigenvalue weighted by molar-refractivity contribution is 0.0791. The second kappa shape index (κ2) is 9.48. The van der Waals surface area contributed by atoms with Crippen LogP contribution in [0.4, 0.5) is 4.39 Å². The lowest BCUT2D eigenvalue weighted by Crippen LogP contribution is -2.29. The SMILES string of the molecule is Cc1nc(Cc2ccc(F)cc2)sc1C(=O)N1CCC(CN)C1.Cl.Cl. The fourth-order valence-electron chi connectivity index (χ4n) is 2.86. The molecule has 3 rings (SSSR count). The van der Waals surface area contributed by atoms with E-state index >= 15 is 0 Å². The molecule has 0 bridgehead atoms. The second-order valence-electron chi connectivity index (χ2n) is 5.97. The number of rotatable bonds is 4. The van der Waals surface area contributed by atoms with Gasteiger partial charge in [-0.05, 0) is 43.5 Å². The standard InChI is InChI=1S/C17H20FN3OS.2ClH/c1-11-16(17(22)21-7-6-13(9-19)10-21)23-15(20-11)8-12-2-4-14(18)5-3-12;;/h2-5,13H,6-10,19H2,1H3;2*1H. The lowest BCUT2D eigenvalue weighted by Gasteiger charge is -2.15. The maximum Gasteiger partial charge on any atom is 0.265 e. The summed E-state index contributed by atoms with van der Waals surface area (Å²) in [5, 5.41) is 0.882. The second-order valence-corrected chi connectivity index (χ2v) is 7.05. The molecule has 4 nitrogen and oxygen atoms in total. The molecule has 1 aromatic heterocycles. The number of thiazole rings is 1. The fourth-order valence-corrected chi connectivity index (χ4v) is 3.92. The summed E-state index contributed by atoms with van der Waals surface area (Å²) < 4.78 is 13.0. The Hall–Kier alpha value is -1.21. The van der Waals surface area contributed by atoms with E-state index in [4.69, 9.17) is 5.73 Å². The van der Waals surface area contributed by atoms with Gasteiger partial charge in [-0.3, -0.25) is 4.79 Å². The highest BCUT2D eigenvalue weighted by molar-refractivity contribution is 7.13. The van der Waals surface area contributed by atoms with Crippen molar-refractivity contribution in [3.8, 4) is 0 Å². The van der Waals surface area contributed by atoms with Crippen LogP contribution in [0.1, 0.15) is 32.4 Å². The molecule has 1 aliphatic rings. The smallest absolute Gasteiger partial charge is 0.265 e. The van der Waals surface area contributed by atoms with E-state index in [1.165, 1.54) is 23.5 Å². The fraction of sp³-hybridized carbons (Fsp3) is 0.412. The zero-order valence-corrected chi connectivity index (χ0v) is 16.4. The van der Waals surface area contributed by atoms with Crippen molar-refractivity contribution in [1.29, 1.82) is 0 Å². The van der Waals surface area contributed by atoms with Crippen LogP contribution in [-0.2, 0) is 6.42 Å². The van der Waals surface area contributed by atoms with Crippen molar-refractivity contribution in [3.05, 3.63) is 51.2 Å². The Morgan fingerprint density at radius 3 is 2.64 bits per heavy atom. The number of aryl methyl sites for hydroxylation is 1. The molecule has 1 aliphatic heterocycles. The van der Waals surface area contributed by atoms with Crippen LogP contribution in [0.15, 0.2) is 24.3 Å². The molecule has 1 saturated heterocycles. The van der Waals surface area contributed by atoms with E-state index in [1.807, 2.05) is 11.8 Å². The average molecular weight is 406 g/mol. The van der Waals surface area contributed by atoms with Crippen molar-refractivity contribution in [2.45, 2.75) is 19.8 Å².